The fourth-order valence-corrected chi connectivity index (χ4v) is 1.73. The molecule has 3 rings (SSSR count). The standard InChI is InChI=1S/C9H12O2/c10-9-7-3-1-2-4-8(11-9)6-5-7/h2,4,7-8H,1,3,5-6H2. The van der Waals surface area contributed by atoms with Crippen molar-refractivity contribution in [2.45, 2.75) is 31.8 Å². The van der Waals surface area contributed by atoms with Crippen LogP contribution in [-0.2, 0) is 9.53 Å². The van der Waals surface area contributed by atoms with E-state index in [-0.39, 0.29) is 18.0 Å². The third-order valence-electron chi connectivity index (χ3n) is 2.43. The van der Waals surface area contributed by atoms with Crippen molar-refractivity contribution >= 4 is 5.97 Å². The number of allylic oxidation sites excluding steroid dienone is 1. The molecule has 0 radical (unpaired) electrons. The Hall–Kier alpha value is -0.790. The maximum Gasteiger partial charge on any atom is 0.309 e. The fourth-order valence-electron chi connectivity index (χ4n) is 1.73. The van der Waals surface area contributed by atoms with Crippen molar-refractivity contribution in [2.24, 2.45) is 5.92 Å². The highest BCUT2D eigenvalue weighted by atomic mass is 16.5. The predicted octanol–water partition coefficient (Wildman–Crippen LogP) is 1.66. The van der Waals surface area contributed by atoms with E-state index in [0.717, 1.165) is 25.7 Å². The van der Waals surface area contributed by atoms with Crippen molar-refractivity contribution in [1.82, 2.24) is 0 Å². The van der Waals surface area contributed by atoms with Crippen molar-refractivity contribution in [3.05, 3.63) is 12.2 Å². The van der Waals surface area contributed by atoms with Crippen LogP contribution in [0.4, 0.5) is 0 Å². The summed E-state index contributed by atoms with van der Waals surface area (Å²) in [6, 6.07) is 0. The Morgan fingerprint density at radius 1 is 1.36 bits per heavy atom. The molecule has 0 aromatic heterocycles. The second kappa shape index (κ2) is 2.68. The molecule has 2 unspecified atom stereocenters. The monoisotopic (exact) mass is 152 g/mol. The van der Waals surface area contributed by atoms with Crippen LogP contribution in [0.25, 0.3) is 0 Å². The van der Waals surface area contributed by atoms with Crippen LogP contribution in [0.15, 0.2) is 12.2 Å². The van der Waals surface area contributed by atoms with Gasteiger partial charge in [-0.15, -0.1) is 0 Å². The zero-order valence-electron chi connectivity index (χ0n) is 6.45. The molecular formula is C9H12O2. The van der Waals surface area contributed by atoms with E-state index in [4.69, 9.17) is 4.74 Å². The molecule has 1 saturated heterocycles. The lowest BCUT2D eigenvalue weighted by Crippen LogP contribution is -2.31. The number of rotatable bonds is 0. The number of esters is 1. The predicted molar refractivity (Wildman–Crippen MR) is 41.0 cm³/mol. The number of hydrogen-bond donors (Lipinski definition) is 0. The van der Waals surface area contributed by atoms with Crippen LogP contribution >= 0.6 is 0 Å². The van der Waals surface area contributed by atoms with E-state index in [1.54, 1.807) is 0 Å². The topological polar surface area (TPSA) is 26.3 Å². The van der Waals surface area contributed by atoms with Crippen molar-refractivity contribution in [3.8, 4) is 0 Å². The first kappa shape index (κ1) is 6.89. The first-order valence-electron chi connectivity index (χ1n) is 4.23. The Balaban J connectivity index is 2.18. The van der Waals surface area contributed by atoms with Gasteiger partial charge in [-0.2, -0.15) is 0 Å². The van der Waals surface area contributed by atoms with Crippen LogP contribution in [0, 0.1) is 5.92 Å². The van der Waals surface area contributed by atoms with Gasteiger partial charge in [-0.1, -0.05) is 6.08 Å². The van der Waals surface area contributed by atoms with Gasteiger partial charge < -0.3 is 4.74 Å². The summed E-state index contributed by atoms with van der Waals surface area (Å²) in [4.78, 5) is 11.2. The minimum atomic E-state index is 0.0191. The van der Waals surface area contributed by atoms with Crippen molar-refractivity contribution in [2.75, 3.05) is 0 Å². The van der Waals surface area contributed by atoms with Crippen LogP contribution in [0.1, 0.15) is 25.7 Å². The van der Waals surface area contributed by atoms with Crippen LogP contribution in [-0.4, -0.2) is 12.1 Å². The van der Waals surface area contributed by atoms with Gasteiger partial charge >= 0.3 is 5.97 Å². The van der Waals surface area contributed by atoms with Gasteiger partial charge in [0.25, 0.3) is 0 Å². The Morgan fingerprint density at radius 3 is 3.09 bits per heavy atom. The summed E-state index contributed by atoms with van der Waals surface area (Å²) in [6.07, 6.45) is 8.29. The van der Waals surface area contributed by atoms with E-state index in [9.17, 15) is 4.79 Å². The highest BCUT2D eigenvalue weighted by Crippen LogP contribution is 2.27. The average molecular weight is 152 g/mol. The van der Waals surface area contributed by atoms with Crippen molar-refractivity contribution in [1.29, 1.82) is 0 Å². The van der Waals surface area contributed by atoms with Crippen LogP contribution in [0.5, 0.6) is 0 Å². The molecule has 11 heavy (non-hydrogen) atoms. The Labute approximate surface area is 66.2 Å². The lowest BCUT2D eigenvalue weighted by Gasteiger charge is -2.27. The van der Waals surface area contributed by atoms with Gasteiger partial charge in [0.15, 0.2) is 0 Å². The maximum absolute atomic E-state index is 11.2. The fraction of sp³-hybridized carbons (Fsp3) is 0.667. The van der Waals surface area contributed by atoms with Gasteiger partial charge in [0, 0.05) is 0 Å². The summed E-state index contributed by atoms with van der Waals surface area (Å²) in [6.45, 7) is 0. The van der Waals surface area contributed by atoms with E-state index in [2.05, 4.69) is 6.08 Å². The Kier molecular flexibility index (Phi) is 1.68. The van der Waals surface area contributed by atoms with Crippen LogP contribution in [0.2, 0.25) is 0 Å². The number of hydrogen-bond acceptors (Lipinski definition) is 2. The van der Waals surface area contributed by atoms with E-state index in [1.807, 2.05) is 6.08 Å². The first-order chi connectivity index (χ1) is 5.36. The molecule has 1 fully saturated rings. The number of carbonyl (C=O) groups excluding carboxylic acids is 1. The Morgan fingerprint density at radius 2 is 2.27 bits per heavy atom. The molecule has 0 N–H and O–H groups in total. The molecule has 0 aromatic rings. The third kappa shape index (κ3) is 1.30. The van der Waals surface area contributed by atoms with E-state index < -0.39 is 0 Å². The summed E-state index contributed by atoms with van der Waals surface area (Å²) in [5, 5.41) is 0. The van der Waals surface area contributed by atoms with Crippen molar-refractivity contribution in [3.63, 3.8) is 0 Å². The van der Waals surface area contributed by atoms with E-state index in [0.29, 0.717) is 0 Å². The summed E-state index contributed by atoms with van der Waals surface area (Å²) < 4.78 is 5.16. The maximum atomic E-state index is 11.2. The molecule has 1 aliphatic carbocycles. The molecule has 0 saturated carbocycles. The van der Waals surface area contributed by atoms with Gasteiger partial charge in [0.05, 0.1) is 5.92 Å². The quantitative estimate of drug-likeness (QED) is 0.390. The molecule has 0 amide bonds. The largest absolute Gasteiger partial charge is 0.458 e. The SMILES string of the molecule is O=C1OC2C=CCCC1CC2. The zero-order valence-corrected chi connectivity index (χ0v) is 6.45. The zero-order chi connectivity index (χ0) is 7.68. The minimum absolute atomic E-state index is 0.0191. The Bertz CT molecular complexity index is 196. The lowest BCUT2D eigenvalue weighted by atomic mass is 9.91. The smallest absolute Gasteiger partial charge is 0.309 e. The lowest BCUT2D eigenvalue weighted by molar-refractivity contribution is -0.157. The molecule has 2 nitrogen and oxygen atoms in total. The molecule has 2 heteroatoms. The molecule has 2 aliphatic heterocycles. The molecule has 2 bridgehead atoms. The second-order valence-electron chi connectivity index (χ2n) is 3.26. The normalized spacial score (nSPS) is 36.2. The minimum Gasteiger partial charge on any atom is -0.458 e. The van der Waals surface area contributed by atoms with Gasteiger partial charge in [-0.3, -0.25) is 4.79 Å². The molecule has 0 aromatic carbocycles. The second-order valence-corrected chi connectivity index (χ2v) is 3.26. The summed E-state index contributed by atoms with van der Waals surface area (Å²) in [5.74, 6) is 0.210. The van der Waals surface area contributed by atoms with Gasteiger partial charge in [-0.05, 0) is 31.8 Å². The summed E-state index contributed by atoms with van der Waals surface area (Å²) in [7, 11) is 0. The van der Waals surface area contributed by atoms with Crippen LogP contribution < -0.4 is 0 Å². The molecule has 3 aliphatic rings. The summed E-state index contributed by atoms with van der Waals surface area (Å²) in [5.41, 5.74) is 0. The molecule has 0 spiro atoms. The highest BCUT2D eigenvalue weighted by Gasteiger charge is 2.29. The number of fused-ring (bicyclic) bond motifs is 4. The van der Waals surface area contributed by atoms with Gasteiger partial charge in [0.2, 0.25) is 0 Å². The molecule has 2 atom stereocenters. The highest BCUT2D eigenvalue weighted by molar-refractivity contribution is 5.73. The first-order valence-corrected chi connectivity index (χ1v) is 4.23. The molecular weight excluding hydrogens is 140 g/mol. The van der Waals surface area contributed by atoms with Gasteiger partial charge in [-0.25, -0.2) is 0 Å². The summed E-state index contributed by atoms with van der Waals surface area (Å²) >= 11 is 0. The molecule has 60 valence electrons. The van der Waals surface area contributed by atoms with Crippen LogP contribution in [0.3, 0.4) is 0 Å². The average Bonchev–Trinajstić information content (AvgIpc) is 1.92. The third-order valence-corrected chi connectivity index (χ3v) is 2.43. The number of carbonyl (C=O) groups is 1. The van der Waals surface area contributed by atoms with Gasteiger partial charge in [0.1, 0.15) is 6.10 Å². The van der Waals surface area contributed by atoms with E-state index in [1.165, 1.54) is 0 Å². The molecule has 2 heterocycles. The van der Waals surface area contributed by atoms with E-state index >= 15 is 0 Å². The number of ether oxygens (including phenoxy) is 1. The van der Waals surface area contributed by atoms with Crippen molar-refractivity contribution < 1.29 is 9.53 Å².